The average molecular weight is 275 g/mol. The topological polar surface area (TPSA) is 38.8 Å². The maximum Gasteiger partial charge on any atom is 0.254 e. The van der Waals surface area contributed by atoms with Gasteiger partial charge < -0.3 is 14.4 Å². The smallest absolute Gasteiger partial charge is 0.254 e. The zero-order valence-corrected chi connectivity index (χ0v) is 12.1. The fourth-order valence-corrected chi connectivity index (χ4v) is 3.19. The Hall–Kier alpha value is -1.71. The second-order valence-corrected chi connectivity index (χ2v) is 6.01. The monoisotopic (exact) mass is 275 g/mol. The summed E-state index contributed by atoms with van der Waals surface area (Å²) in [6.07, 6.45) is 1.20. The molecule has 2 aliphatic heterocycles. The molecule has 1 amide bonds. The van der Waals surface area contributed by atoms with Crippen molar-refractivity contribution in [3.63, 3.8) is 0 Å². The number of fused-ring (bicyclic) bond motifs is 1. The molecule has 3 rings (SSSR count). The molecule has 20 heavy (non-hydrogen) atoms. The third-order valence-electron chi connectivity index (χ3n) is 3.95. The van der Waals surface area contributed by atoms with E-state index in [-0.39, 0.29) is 5.91 Å². The van der Waals surface area contributed by atoms with Crippen LogP contribution in [0.25, 0.3) is 0 Å². The zero-order chi connectivity index (χ0) is 14.1. The zero-order valence-electron chi connectivity index (χ0n) is 12.1. The first-order chi connectivity index (χ1) is 9.63. The van der Waals surface area contributed by atoms with Crippen molar-refractivity contribution in [3.05, 3.63) is 23.8 Å². The van der Waals surface area contributed by atoms with Crippen molar-refractivity contribution in [2.45, 2.75) is 20.3 Å². The molecular weight excluding hydrogens is 254 g/mol. The van der Waals surface area contributed by atoms with Crippen LogP contribution in [-0.2, 0) is 0 Å². The molecule has 4 heteroatoms. The molecule has 2 aliphatic rings. The molecule has 2 heterocycles. The molecule has 0 saturated carbocycles. The minimum atomic E-state index is 0.0976. The molecule has 0 radical (unpaired) electrons. The van der Waals surface area contributed by atoms with E-state index >= 15 is 0 Å². The third-order valence-corrected chi connectivity index (χ3v) is 3.95. The van der Waals surface area contributed by atoms with Crippen molar-refractivity contribution in [2.24, 2.45) is 11.8 Å². The van der Waals surface area contributed by atoms with Gasteiger partial charge in [0.15, 0.2) is 11.5 Å². The number of rotatable bonds is 1. The Morgan fingerprint density at radius 1 is 1.10 bits per heavy atom. The lowest BCUT2D eigenvalue weighted by Gasteiger charge is -2.35. The number of carbonyl (C=O) groups excluding carboxylic acids is 1. The van der Waals surface area contributed by atoms with E-state index in [1.54, 1.807) is 6.07 Å². The lowest BCUT2D eigenvalue weighted by atomic mass is 9.91. The van der Waals surface area contributed by atoms with E-state index in [1.807, 2.05) is 17.0 Å². The highest BCUT2D eigenvalue weighted by atomic mass is 16.6. The number of amides is 1. The number of likely N-dealkylation sites (tertiary alicyclic amines) is 1. The van der Waals surface area contributed by atoms with E-state index in [0.717, 1.165) is 18.8 Å². The van der Waals surface area contributed by atoms with Crippen LogP contribution in [0.3, 0.4) is 0 Å². The van der Waals surface area contributed by atoms with Gasteiger partial charge in [0.1, 0.15) is 13.2 Å². The van der Waals surface area contributed by atoms with Crippen molar-refractivity contribution in [3.8, 4) is 11.5 Å². The van der Waals surface area contributed by atoms with E-state index in [9.17, 15) is 4.79 Å². The molecule has 4 nitrogen and oxygen atoms in total. The molecule has 1 aromatic rings. The number of nitrogens with zero attached hydrogens (tertiary/aromatic N) is 1. The lowest BCUT2D eigenvalue weighted by molar-refractivity contribution is 0.0622. The molecule has 0 unspecified atom stereocenters. The fourth-order valence-electron chi connectivity index (χ4n) is 3.19. The molecule has 1 fully saturated rings. The summed E-state index contributed by atoms with van der Waals surface area (Å²) >= 11 is 0. The van der Waals surface area contributed by atoms with Crippen LogP contribution in [0.2, 0.25) is 0 Å². The van der Waals surface area contributed by atoms with Crippen molar-refractivity contribution in [2.75, 3.05) is 26.3 Å². The van der Waals surface area contributed by atoms with Gasteiger partial charge in [-0.2, -0.15) is 0 Å². The minimum absolute atomic E-state index is 0.0976. The summed E-state index contributed by atoms with van der Waals surface area (Å²) in [5.41, 5.74) is 0.690. The van der Waals surface area contributed by atoms with Crippen LogP contribution in [0.4, 0.5) is 0 Å². The van der Waals surface area contributed by atoms with Crippen LogP contribution >= 0.6 is 0 Å². The summed E-state index contributed by atoms with van der Waals surface area (Å²) < 4.78 is 11.0. The molecule has 2 atom stereocenters. The van der Waals surface area contributed by atoms with E-state index in [4.69, 9.17) is 9.47 Å². The summed E-state index contributed by atoms with van der Waals surface area (Å²) in [4.78, 5) is 14.6. The summed E-state index contributed by atoms with van der Waals surface area (Å²) in [5.74, 6) is 2.65. The molecular formula is C16H21NO3. The van der Waals surface area contributed by atoms with Gasteiger partial charge in [-0.15, -0.1) is 0 Å². The van der Waals surface area contributed by atoms with Crippen LogP contribution in [0.1, 0.15) is 30.6 Å². The fraction of sp³-hybridized carbons (Fsp3) is 0.562. The number of carbonyl (C=O) groups is 1. The lowest BCUT2D eigenvalue weighted by Crippen LogP contribution is -2.42. The average Bonchev–Trinajstić information content (AvgIpc) is 2.45. The van der Waals surface area contributed by atoms with Crippen LogP contribution in [0, 0.1) is 11.8 Å². The third kappa shape index (κ3) is 2.60. The largest absolute Gasteiger partial charge is 0.486 e. The van der Waals surface area contributed by atoms with Crippen molar-refractivity contribution >= 4 is 5.91 Å². The summed E-state index contributed by atoms with van der Waals surface area (Å²) in [5, 5.41) is 0. The number of ether oxygens (including phenoxy) is 2. The first kappa shape index (κ1) is 13.3. The number of benzene rings is 1. The quantitative estimate of drug-likeness (QED) is 0.790. The highest BCUT2D eigenvalue weighted by molar-refractivity contribution is 5.95. The number of hydrogen-bond acceptors (Lipinski definition) is 3. The van der Waals surface area contributed by atoms with Gasteiger partial charge in [-0.3, -0.25) is 4.79 Å². The minimum Gasteiger partial charge on any atom is -0.486 e. The molecule has 1 aromatic carbocycles. The van der Waals surface area contributed by atoms with Gasteiger partial charge in [0.2, 0.25) is 0 Å². The standard InChI is InChI=1S/C16H21NO3/c1-11-7-12(2)10-17(9-11)16(18)13-3-4-14-15(8-13)20-6-5-19-14/h3-4,8,11-12H,5-7,9-10H2,1-2H3/t11-,12-/m1/s1. The Balaban J connectivity index is 1.79. The SMILES string of the molecule is C[C@@H]1C[C@@H](C)CN(C(=O)c2ccc3c(c2)OCCO3)C1. The van der Waals surface area contributed by atoms with Crippen molar-refractivity contribution in [1.29, 1.82) is 0 Å². The van der Waals surface area contributed by atoms with Crippen LogP contribution in [0.15, 0.2) is 18.2 Å². The predicted molar refractivity (Wildman–Crippen MR) is 76.3 cm³/mol. The second-order valence-electron chi connectivity index (χ2n) is 6.01. The Morgan fingerprint density at radius 3 is 2.45 bits per heavy atom. The highest BCUT2D eigenvalue weighted by Gasteiger charge is 2.26. The summed E-state index contributed by atoms with van der Waals surface area (Å²) in [6, 6.07) is 5.47. The van der Waals surface area contributed by atoms with E-state index in [2.05, 4.69) is 13.8 Å². The first-order valence-electron chi connectivity index (χ1n) is 7.32. The normalized spacial score (nSPS) is 25.4. The Kier molecular flexibility index (Phi) is 3.55. The van der Waals surface area contributed by atoms with E-state index in [0.29, 0.717) is 36.4 Å². The number of piperidine rings is 1. The molecule has 108 valence electrons. The van der Waals surface area contributed by atoms with Gasteiger partial charge in [-0.05, 0) is 36.5 Å². The van der Waals surface area contributed by atoms with E-state index < -0.39 is 0 Å². The van der Waals surface area contributed by atoms with Gasteiger partial charge in [0, 0.05) is 18.7 Å². The van der Waals surface area contributed by atoms with Gasteiger partial charge in [-0.25, -0.2) is 0 Å². The van der Waals surface area contributed by atoms with Gasteiger partial charge in [-0.1, -0.05) is 13.8 Å². The Morgan fingerprint density at radius 2 is 1.75 bits per heavy atom. The van der Waals surface area contributed by atoms with E-state index in [1.165, 1.54) is 6.42 Å². The summed E-state index contributed by atoms with van der Waals surface area (Å²) in [7, 11) is 0. The van der Waals surface area contributed by atoms with Crippen LogP contribution in [-0.4, -0.2) is 37.1 Å². The van der Waals surface area contributed by atoms with Crippen LogP contribution < -0.4 is 9.47 Å². The molecule has 1 saturated heterocycles. The van der Waals surface area contributed by atoms with Gasteiger partial charge in [0.25, 0.3) is 5.91 Å². The molecule has 0 aromatic heterocycles. The maximum absolute atomic E-state index is 12.6. The Bertz CT molecular complexity index is 504. The maximum atomic E-state index is 12.6. The summed E-state index contributed by atoms with van der Waals surface area (Å²) in [6.45, 7) is 7.22. The van der Waals surface area contributed by atoms with Crippen LogP contribution in [0.5, 0.6) is 11.5 Å². The van der Waals surface area contributed by atoms with Gasteiger partial charge in [0.05, 0.1) is 0 Å². The highest BCUT2D eigenvalue weighted by Crippen LogP contribution is 2.31. The molecule has 0 aliphatic carbocycles. The first-order valence-corrected chi connectivity index (χ1v) is 7.32. The van der Waals surface area contributed by atoms with Crippen molar-refractivity contribution < 1.29 is 14.3 Å². The molecule has 0 N–H and O–H groups in total. The Labute approximate surface area is 119 Å². The van der Waals surface area contributed by atoms with Gasteiger partial charge >= 0.3 is 0 Å². The second kappa shape index (κ2) is 5.35. The molecule has 0 spiro atoms. The predicted octanol–water partition coefficient (Wildman–Crippen LogP) is 2.58. The molecule has 0 bridgehead atoms. The van der Waals surface area contributed by atoms with Crippen molar-refractivity contribution in [1.82, 2.24) is 4.90 Å². The number of hydrogen-bond donors (Lipinski definition) is 0.